The van der Waals surface area contributed by atoms with Crippen molar-refractivity contribution in [3.8, 4) is 0 Å². The van der Waals surface area contributed by atoms with Gasteiger partial charge in [-0.2, -0.15) is 0 Å². The molecule has 1 saturated carbocycles. The summed E-state index contributed by atoms with van der Waals surface area (Å²) in [5.41, 5.74) is 2.17. The van der Waals surface area contributed by atoms with Crippen LogP contribution in [0.2, 0.25) is 0 Å². The van der Waals surface area contributed by atoms with Gasteiger partial charge >= 0.3 is 0 Å². The number of anilines is 2. The van der Waals surface area contributed by atoms with Gasteiger partial charge < -0.3 is 10.6 Å². The number of nitro groups is 1. The Kier molecular flexibility index (Phi) is 3.77. The summed E-state index contributed by atoms with van der Waals surface area (Å²) in [6.45, 7) is 0. The van der Waals surface area contributed by atoms with Gasteiger partial charge in [0.1, 0.15) is 5.69 Å². The van der Waals surface area contributed by atoms with Crippen molar-refractivity contribution < 1.29 is 9.72 Å². The fraction of sp³-hybridized carbons (Fsp3) is 0.533. The quantitative estimate of drug-likeness (QED) is 0.661. The largest absolute Gasteiger partial charge is 0.377 e. The number of nitro benzene ring substituents is 1. The number of nitrogens with one attached hydrogen (secondary N) is 2. The Balaban J connectivity index is 1.90. The third kappa shape index (κ3) is 2.99. The summed E-state index contributed by atoms with van der Waals surface area (Å²) in [7, 11) is 0. The van der Waals surface area contributed by atoms with Crippen molar-refractivity contribution in [1.29, 1.82) is 0 Å². The van der Waals surface area contributed by atoms with Crippen LogP contribution in [0.25, 0.3) is 0 Å². The molecule has 0 radical (unpaired) electrons. The van der Waals surface area contributed by atoms with Crippen LogP contribution in [0.5, 0.6) is 0 Å². The minimum Gasteiger partial charge on any atom is -0.377 e. The summed E-state index contributed by atoms with van der Waals surface area (Å²) >= 11 is 0. The summed E-state index contributed by atoms with van der Waals surface area (Å²) in [6, 6.07) is 3.63. The van der Waals surface area contributed by atoms with Gasteiger partial charge in [-0.15, -0.1) is 0 Å². The highest BCUT2D eigenvalue weighted by molar-refractivity contribution is 5.95. The van der Waals surface area contributed by atoms with Crippen LogP contribution in [0.15, 0.2) is 12.1 Å². The molecule has 0 atom stereocenters. The van der Waals surface area contributed by atoms with Crippen molar-refractivity contribution in [3.05, 3.63) is 27.8 Å². The molecule has 1 aliphatic heterocycles. The molecule has 112 valence electrons. The second kappa shape index (κ2) is 5.71. The highest BCUT2D eigenvalue weighted by atomic mass is 16.6. The van der Waals surface area contributed by atoms with Gasteiger partial charge in [-0.25, -0.2) is 0 Å². The molecule has 0 saturated heterocycles. The number of rotatable bonds is 3. The minimum absolute atomic E-state index is 0.0431. The number of amides is 1. The highest BCUT2D eigenvalue weighted by Gasteiger charge is 2.24. The summed E-state index contributed by atoms with van der Waals surface area (Å²) in [5.74, 6) is -0.0789. The number of carbonyl (C=O) groups excluding carboxylic acids is 1. The lowest BCUT2D eigenvalue weighted by atomic mass is 9.94. The lowest BCUT2D eigenvalue weighted by Gasteiger charge is -2.25. The van der Waals surface area contributed by atoms with Crippen molar-refractivity contribution in [2.24, 2.45) is 0 Å². The lowest BCUT2D eigenvalue weighted by molar-refractivity contribution is -0.383. The number of carbonyl (C=O) groups is 1. The van der Waals surface area contributed by atoms with E-state index in [2.05, 4.69) is 10.6 Å². The summed E-state index contributed by atoms with van der Waals surface area (Å²) < 4.78 is 0. The Labute approximate surface area is 123 Å². The van der Waals surface area contributed by atoms with Crippen LogP contribution in [0, 0.1) is 10.1 Å². The number of hydrogen-bond acceptors (Lipinski definition) is 4. The molecule has 1 heterocycles. The zero-order chi connectivity index (χ0) is 14.8. The Bertz CT molecular complexity index is 580. The van der Waals surface area contributed by atoms with Crippen LogP contribution in [0.4, 0.5) is 17.1 Å². The number of benzene rings is 1. The SMILES string of the molecule is O=C1CCc2cc(NC3CCCCC3)c([N+](=O)[O-])cc2N1. The van der Waals surface area contributed by atoms with Gasteiger partial charge in [0.15, 0.2) is 0 Å². The highest BCUT2D eigenvalue weighted by Crippen LogP contribution is 2.35. The van der Waals surface area contributed by atoms with E-state index in [-0.39, 0.29) is 16.5 Å². The lowest BCUT2D eigenvalue weighted by Crippen LogP contribution is -2.24. The zero-order valence-electron chi connectivity index (χ0n) is 11.9. The Morgan fingerprint density at radius 3 is 2.67 bits per heavy atom. The molecule has 1 aliphatic carbocycles. The van der Waals surface area contributed by atoms with Crippen LogP contribution in [0.1, 0.15) is 44.1 Å². The summed E-state index contributed by atoms with van der Waals surface area (Å²) in [4.78, 5) is 22.3. The van der Waals surface area contributed by atoms with Gasteiger partial charge in [0, 0.05) is 18.5 Å². The Morgan fingerprint density at radius 1 is 1.19 bits per heavy atom. The Hall–Kier alpha value is -2.11. The molecule has 6 nitrogen and oxygen atoms in total. The molecule has 0 unspecified atom stereocenters. The number of hydrogen-bond donors (Lipinski definition) is 2. The van der Waals surface area contributed by atoms with Gasteiger partial charge in [-0.05, 0) is 30.9 Å². The van der Waals surface area contributed by atoms with Gasteiger partial charge in [-0.3, -0.25) is 14.9 Å². The number of nitrogens with zero attached hydrogens (tertiary/aromatic N) is 1. The molecular formula is C15H19N3O3. The van der Waals surface area contributed by atoms with E-state index in [0.717, 1.165) is 18.4 Å². The molecule has 21 heavy (non-hydrogen) atoms. The molecule has 2 N–H and O–H groups in total. The summed E-state index contributed by atoms with van der Waals surface area (Å²) in [5, 5.41) is 17.3. The second-order valence-corrected chi connectivity index (χ2v) is 5.81. The van der Waals surface area contributed by atoms with Crippen LogP contribution >= 0.6 is 0 Å². The maximum atomic E-state index is 11.4. The first-order valence-electron chi connectivity index (χ1n) is 7.51. The van der Waals surface area contributed by atoms with E-state index < -0.39 is 0 Å². The third-order valence-electron chi connectivity index (χ3n) is 4.28. The predicted octanol–water partition coefficient (Wildman–Crippen LogP) is 3.22. The molecule has 6 heteroatoms. The molecule has 0 aromatic heterocycles. The monoisotopic (exact) mass is 289 g/mol. The molecule has 1 aromatic rings. The minimum atomic E-state index is -0.383. The van der Waals surface area contributed by atoms with Crippen molar-refractivity contribution in [3.63, 3.8) is 0 Å². The van der Waals surface area contributed by atoms with Gasteiger partial charge in [-0.1, -0.05) is 19.3 Å². The molecular weight excluding hydrogens is 270 g/mol. The average Bonchev–Trinajstić information content (AvgIpc) is 2.47. The first-order valence-corrected chi connectivity index (χ1v) is 7.51. The number of fused-ring (bicyclic) bond motifs is 1. The summed E-state index contributed by atoms with van der Waals surface area (Å²) in [6.07, 6.45) is 6.79. The average molecular weight is 289 g/mol. The standard InChI is InChI=1S/C15H19N3O3/c19-15-7-6-10-8-13(16-11-4-2-1-3-5-11)14(18(20)21)9-12(10)17-15/h8-9,11,16H,1-7H2,(H,17,19). The molecule has 0 bridgehead atoms. The molecule has 1 aromatic carbocycles. The fourth-order valence-electron chi connectivity index (χ4n) is 3.15. The maximum Gasteiger partial charge on any atom is 0.294 e. The first-order chi connectivity index (χ1) is 10.1. The maximum absolute atomic E-state index is 11.4. The van der Waals surface area contributed by atoms with Crippen LogP contribution in [-0.4, -0.2) is 16.9 Å². The van der Waals surface area contributed by atoms with Crippen molar-refractivity contribution in [1.82, 2.24) is 0 Å². The molecule has 1 fully saturated rings. The molecule has 1 amide bonds. The van der Waals surface area contributed by atoms with E-state index >= 15 is 0 Å². The van der Waals surface area contributed by atoms with Gasteiger partial charge in [0.05, 0.1) is 10.6 Å². The van der Waals surface area contributed by atoms with Crippen LogP contribution in [0.3, 0.4) is 0 Å². The first kappa shape index (κ1) is 13.9. The molecule has 3 rings (SSSR count). The molecule has 0 spiro atoms. The zero-order valence-corrected chi connectivity index (χ0v) is 11.9. The second-order valence-electron chi connectivity index (χ2n) is 5.81. The van der Waals surface area contributed by atoms with E-state index in [4.69, 9.17) is 0 Å². The van der Waals surface area contributed by atoms with E-state index in [9.17, 15) is 14.9 Å². The smallest absolute Gasteiger partial charge is 0.294 e. The van der Waals surface area contributed by atoms with E-state index in [1.807, 2.05) is 6.07 Å². The predicted molar refractivity (Wildman–Crippen MR) is 80.5 cm³/mol. The van der Waals surface area contributed by atoms with Crippen molar-refractivity contribution >= 4 is 23.0 Å². The molecule has 2 aliphatic rings. The van der Waals surface area contributed by atoms with Crippen LogP contribution in [-0.2, 0) is 11.2 Å². The topological polar surface area (TPSA) is 84.3 Å². The van der Waals surface area contributed by atoms with Gasteiger partial charge in [0.25, 0.3) is 5.69 Å². The van der Waals surface area contributed by atoms with E-state index in [0.29, 0.717) is 30.3 Å². The van der Waals surface area contributed by atoms with Crippen molar-refractivity contribution in [2.75, 3.05) is 10.6 Å². The van der Waals surface area contributed by atoms with E-state index in [1.54, 1.807) is 0 Å². The Morgan fingerprint density at radius 2 is 1.95 bits per heavy atom. The third-order valence-corrected chi connectivity index (χ3v) is 4.28. The normalized spacial score (nSPS) is 18.8. The van der Waals surface area contributed by atoms with Crippen molar-refractivity contribution in [2.45, 2.75) is 51.0 Å². The van der Waals surface area contributed by atoms with Gasteiger partial charge in [0.2, 0.25) is 5.91 Å². The van der Waals surface area contributed by atoms with Crippen LogP contribution < -0.4 is 10.6 Å². The number of aryl methyl sites for hydroxylation is 1. The van der Waals surface area contributed by atoms with E-state index in [1.165, 1.54) is 25.3 Å². The fourth-order valence-corrected chi connectivity index (χ4v) is 3.15.